The number of aromatic nitrogens is 1. The summed E-state index contributed by atoms with van der Waals surface area (Å²) in [5, 5.41) is 0. The number of sulfonamides is 1. The molecule has 5 nitrogen and oxygen atoms in total. The van der Waals surface area contributed by atoms with E-state index in [0.717, 1.165) is 18.6 Å². The quantitative estimate of drug-likeness (QED) is 0.875. The smallest absolute Gasteiger partial charge is 0.299 e. The number of alkyl halides is 3. The molecule has 0 spiro atoms. The van der Waals surface area contributed by atoms with Crippen LogP contribution in [0.2, 0.25) is 0 Å². The second-order valence-corrected chi connectivity index (χ2v) is 9.18. The Morgan fingerprint density at radius 3 is 2.44 bits per heavy atom. The average Bonchev–Trinajstić information content (AvgIpc) is 2.80. The van der Waals surface area contributed by atoms with Crippen LogP contribution < -0.4 is 4.72 Å². The van der Waals surface area contributed by atoms with Crippen LogP contribution in [0.3, 0.4) is 0 Å². The molecular weight excluding hydrogens is 357 g/mol. The van der Waals surface area contributed by atoms with Crippen molar-refractivity contribution in [1.82, 2.24) is 4.98 Å². The number of hydrogen-bond acceptors (Lipinski definition) is 4. The fraction of sp³-hybridized carbons (Fsp3) is 0.625. The molecule has 2 aliphatic rings. The normalized spacial score (nSPS) is 28.4. The summed E-state index contributed by atoms with van der Waals surface area (Å²) < 4.78 is 64.9. The first-order valence-electron chi connectivity index (χ1n) is 7.94. The molecule has 0 aliphatic heterocycles. The van der Waals surface area contributed by atoms with E-state index in [0.29, 0.717) is 19.0 Å². The maximum atomic E-state index is 12.5. The Hall–Kier alpha value is -1.64. The Labute approximate surface area is 144 Å². The molecule has 2 saturated carbocycles. The molecule has 2 unspecified atom stereocenters. The third-order valence-electron chi connectivity index (χ3n) is 5.93. The molecule has 2 atom stereocenters. The second-order valence-electron chi connectivity index (χ2n) is 7.46. The summed E-state index contributed by atoms with van der Waals surface area (Å²) in [4.78, 5) is 15.9. The van der Waals surface area contributed by atoms with Gasteiger partial charge in [0, 0.05) is 12.6 Å². The zero-order chi connectivity index (χ0) is 18.7. The third kappa shape index (κ3) is 2.92. The van der Waals surface area contributed by atoms with Crippen molar-refractivity contribution in [1.29, 1.82) is 0 Å². The highest BCUT2D eigenvalue weighted by Gasteiger charge is 2.65. The van der Waals surface area contributed by atoms with Crippen LogP contribution in [0.25, 0.3) is 0 Å². The highest BCUT2D eigenvalue weighted by molar-refractivity contribution is 7.92. The van der Waals surface area contributed by atoms with Crippen LogP contribution >= 0.6 is 0 Å². The van der Waals surface area contributed by atoms with Gasteiger partial charge in [0.2, 0.25) is 10.0 Å². The van der Waals surface area contributed by atoms with Crippen LogP contribution in [-0.4, -0.2) is 24.9 Å². The zero-order valence-corrected chi connectivity index (χ0v) is 14.7. The number of carbonyl (C=O) groups excluding carboxylic acids is 1. The molecule has 0 radical (unpaired) electrons. The number of hydrogen-bond donors (Lipinski definition) is 1. The van der Waals surface area contributed by atoms with Crippen molar-refractivity contribution in [3.05, 3.63) is 23.9 Å². The van der Waals surface area contributed by atoms with E-state index in [2.05, 4.69) is 9.71 Å². The number of ketones is 1. The van der Waals surface area contributed by atoms with Crippen molar-refractivity contribution in [2.24, 2.45) is 16.7 Å². The van der Waals surface area contributed by atoms with Crippen LogP contribution in [0.5, 0.6) is 0 Å². The van der Waals surface area contributed by atoms with Crippen LogP contribution in [0.1, 0.15) is 38.7 Å². The average molecular weight is 376 g/mol. The Balaban J connectivity index is 1.80. The summed E-state index contributed by atoms with van der Waals surface area (Å²) in [6.07, 6.45) is -2.24. The van der Waals surface area contributed by atoms with Gasteiger partial charge in [-0.2, -0.15) is 13.2 Å². The molecular formula is C16H19F3N2O3S. The predicted octanol–water partition coefficient (Wildman–Crippen LogP) is 3.24. The van der Waals surface area contributed by atoms with E-state index < -0.39 is 32.6 Å². The molecule has 25 heavy (non-hydrogen) atoms. The highest BCUT2D eigenvalue weighted by atomic mass is 32.2. The molecule has 3 rings (SSSR count). The van der Waals surface area contributed by atoms with Crippen molar-refractivity contribution >= 4 is 21.6 Å². The van der Waals surface area contributed by atoms with Gasteiger partial charge in [0.1, 0.15) is 11.6 Å². The lowest BCUT2D eigenvalue weighted by molar-refractivity contribution is -0.137. The molecule has 1 aromatic heterocycles. The van der Waals surface area contributed by atoms with E-state index in [1.165, 1.54) is 0 Å². The van der Waals surface area contributed by atoms with Crippen molar-refractivity contribution < 1.29 is 26.4 Å². The number of pyridine rings is 1. The van der Waals surface area contributed by atoms with Gasteiger partial charge < -0.3 is 0 Å². The van der Waals surface area contributed by atoms with Gasteiger partial charge in [-0.05, 0) is 36.3 Å². The Bertz CT molecular complexity index is 803. The predicted molar refractivity (Wildman–Crippen MR) is 85.2 cm³/mol. The summed E-state index contributed by atoms with van der Waals surface area (Å²) in [6.45, 7) is 3.84. The molecule has 1 heterocycles. The summed E-state index contributed by atoms with van der Waals surface area (Å²) in [7, 11) is -3.93. The highest BCUT2D eigenvalue weighted by Crippen LogP contribution is 2.64. The van der Waals surface area contributed by atoms with Crippen LogP contribution in [0.15, 0.2) is 18.3 Å². The number of rotatable bonds is 4. The Morgan fingerprint density at radius 2 is 2.00 bits per heavy atom. The number of Topliss-reactive ketones (excluding diaryl/α,β-unsaturated/α-hetero) is 1. The van der Waals surface area contributed by atoms with Crippen molar-refractivity contribution in [3.63, 3.8) is 0 Å². The Kier molecular flexibility index (Phi) is 3.94. The topological polar surface area (TPSA) is 76.1 Å². The number of fused-ring (bicyclic) bond motifs is 2. The van der Waals surface area contributed by atoms with Gasteiger partial charge in [0.15, 0.2) is 0 Å². The van der Waals surface area contributed by atoms with E-state index in [4.69, 9.17) is 0 Å². The lowest BCUT2D eigenvalue weighted by Crippen LogP contribution is -2.43. The molecule has 0 aromatic carbocycles. The van der Waals surface area contributed by atoms with E-state index in [9.17, 15) is 26.4 Å². The molecule has 2 fully saturated rings. The SMILES string of the molecule is CC1(C)C2CCC1(CS(=O)(=O)Nc1ccc(C(F)(F)F)cn1)C(=O)C2. The fourth-order valence-electron chi connectivity index (χ4n) is 4.25. The number of anilines is 1. The second kappa shape index (κ2) is 5.43. The molecule has 0 saturated heterocycles. The monoisotopic (exact) mass is 376 g/mol. The minimum Gasteiger partial charge on any atom is -0.299 e. The van der Waals surface area contributed by atoms with E-state index in [1.54, 1.807) is 0 Å². The number of nitrogens with zero attached hydrogens (tertiary/aromatic N) is 1. The van der Waals surface area contributed by atoms with Gasteiger partial charge in [-0.3, -0.25) is 9.52 Å². The summed E-state index contributed by atoms with van der Waals surface area (Å²) >= 11 is 0. The van der Waals surface area contributed by atoms with Crippen LogP contribution in [0, 0.1) is 16.7 Å². The van der Waals surface area contributed by atoms with Crippen LogP contribution in [-0.2, 0) is 21.0 Å². The lowest BCUT2D eigenvalue weighted by atomic mass is 9.70. The van der Waals surface area contributed by atoms with Gasteiger partial charge in [-0.25, -0.2) is 13.4 Å². The van der Waals surface area contributed by atoms with Crippen molar-refractivity contribution in [2.75, 3.05) is 10.5 Å². The van der Waals surface area contributed by atoms with Gasteiger partial charge in [-0.1, -0.05) is 13.8 Å². The fourth-order valence-corrected chi connectivity index (χ4v) is 6.09. The molecule has 138 valence electrons. The number of halogens is 3. The van der Waals surface area contributed by atoms with Gasteiger partial charge in [0.05, 0.1) is 16.7 Å². The molecule has 1 N–H and O–H groups in total. The number of nitrogens with one attached hydrogen (secondary N) is 1. The molecule has 2 aliphatic carbocycles. The maximum absolute atomic E-state index is 12.5. The first kappa shape index (κ1) is 18.2. The van der Waals surface area contributed by atoms with Crippen molar-refractivity contribution in [2.45, 2.75) is 39.3 Å². The van der Waals surface area contributed by atoms with E-state index >= 15 is 0 Å². The minimum absolute atomic E-state index is 0.0421. The van der Waals surface area contributed by atoms with Gasteiger partial charge in [0.25, 0.3) is 0 Å². The van der Waals surface area contributed by atoms with E-state index in [1.807, 2.05) is 13.8 Å². The van der Waals surface area contributed by atoms with Crippen molar-refractivity contribution in [3.8, 4) is 0 Å². The number of carbonyl (C=O) groups is 1. The van der Waals surface area contributed by atoms with E-state index in [-0.39, 0.29) is 23.3 Å². The molecule has 0 amide bonds. The van der Waals surface area contributed by atoms with Gasteiger partial charge >= 0.3 is 6.18 Å². The third-order valence-corrected chi connectivity index (χ3v) is 7.32. The standard InChI is InChI=1S/C16H19F3N2O3S/c1-14(2)10-5-6-15(14,12(22)7-10)9-25(23,24)21-13-4-3-11(8-20-13)16(17,18)19/h3-4,8,10H,5-7,9H2,1-2H3,(H,20,21). The van der Waals surface area contributed by atoms with Gasteiger partial charge in [-0.15, -0.1) is 0 Å². The minimum atomic E-state index is -4.54. The summed E-state index contributed by atoms with van der Waals surface area (Å²) in [5.74, 6) is -0.425. The molecule has 9 heteroatoms. The maximum Gasteiger partial charge on any atom is 0.417 e. The lowest BCUT2D eigenvalue weighted by Gasteiger charge is -2.36. The largest absolute Gasteiger partial charge is 0.417 e. The summed E-state index contributed by atoms with van der Waals surface area (Å²) in [6, 6.07) is 1.73. The first-order chi connectivity index (χ1) is 11.4. The zero-order valence-electron chi connectivity index (χ0n) is 13.9. The summed E-state index contributed by atoms with van der Waals surface area (Å²) in [5.41, 5.74) is -2.30. The van der Waals surface area contributed by atoms with Crippen LogP contribution in [0.4, 0.5) is 19.0 Å². The molecule has 1 aromatic rings. The first-order valence-corrected chi connectivity index (χ1v) is 9.60. The molecule has 2 bridgehead atoms. The Morgan fingerprint density at radius 1 is 1.32 bits per heavy atom.